The summed E-state index contributed by atoms with van der Waals surface area (Å²) in [6.45, 7) is 2.30. The van der Waals surface area contributed by atoms with Crippen molar-refractivity contribution in [3.63, 3.8) is 0 Å². The monoisotopic (exact) mass is 346 g/mol. The maximum Gasteiger partial charge on any atom is 0.265 e. The first-order chi connectivity index (χ1) is 11.6. The number of pyridine rings is 1. The maximum absolute atomic E-state index is 12.5. The second-order valence-corrected chi connectivity index (χ2v) is 6.43. The van der Waals surface area contributed by atoms with E-state index in [2.05, 4.69) is 9.97 Å². The predicted octanol–water partition coefficient (Wildman–Crippen LogP) is 1.14. The number of ether oxygens (including phenoxy) is 1. The molecule has 0 aliphatic carbocycles. The minimum Gasteiger partial charge on any atom is -0.378 e. The van der Waals surface area contributed by atoms with Crippen LogP contribution in [0.4, 0.5) is 0 Å². The van der Waals surface area contributed by atoms with Gasteiger partial charge < -0.3 is 14.5 Å². The summed E-state index contributed by atoms with van der Waals surface area (Å²) < 4.78 is 5.23. The van der Waals surface area contributed by atoms with Gasteiger partial charge in [0.1, 0.15) is 9.88 Å². The summed E-state index contributed by atoms with van der Waals surface area (Å²) in [4.78, 5) is 36.8. The van der Waals surface area contributed by atoms with Crippen LogP contribution in [0.15, 0.2) is 30.6 Å². The Morgan fingerprint density at radius 3 is 2.79 bits per heavy atom. The molecule has 2 aromatic heterocycles. The number of carbonyl (C=O) groups is 2. The molecule has 24 heavy (non-hydrogen) atoms. The Morgan fingerprint density at radius 2 is 2.08 bits per heavy atom. The lowest BCUT2D eigenvalue weighted by Crippen LogP contribution is -2.46. The molecule has 1 aliphatic rings. The van der Waals surface area contributed by atoms with Crippen molar-refractivity contribution in [2.24, 2.45) is 0 Å². The van der Waals surface area contributed by atoms with Gasteiger partial charge in [0.15, 0.2) is 0 Å². The Balaban J connectivity index is 1.63. The summed E-state index contributed by atoms with van der Waals surface area (Å²) in [5, 5.41) is 0.687. The van der Waals surface area contributed by atoms with Gasteiger partial charge in [-0.3, -0.25) is 14.6 Å². The van der Waals surface area contributed by atoms with Gasteiger partial charge in [-0.1, -0.05) is 6.07 Å². The second kappa shape index (κ2) is 7.50. The van der Waals surface area contributed by atoms with E-state index in [-0.39, 0.29) is 18.4 Å². The molecule has 0 N–H and O–H groups in total. The minimum atomic E-state index is -0.212. The van der Waals surface area contributed by atoms with Crippen LogP contribution in [0.1, 0.15) is 9.67 Å². The molecule has 3 rings (SSSR count). The van der Waals surface area contributed by atoms with Crippen LogP contribution >= 0.6 is 11.3 Å². The summed E-state index contributed by atoms with van der Waals surface area (Å²) in [5.74, 6) is -0.278. The highest BCUT2D eigenvalue weighted by molar-refractivity contribution is 7.16. The Labute approximate surface area is 143 Å². The quantitative estimate of drug-likeness (QED) is 0.830. The van der Waals surface area contributed by atoms with E-state index in [1.165, 1.54) is 22.4 Å². The fraction of sp³-hybridized carbons (Fsp3) is 0.375. The zero-order valence-electron chi connectivity index (χ0n) is 13.3. The third-order valence-electron chi connectivity index (χ3n) is 3.68. The number of rotatable bonds is 4. The summed E-state index contributed by atoms with van der Waals surface area (Å²) in [6.07, 6.45) is 3.22. The number of hydrogen-bond donors (Lipinski definition) is 0. The largest absolute Gasteiger partial charge is 0.378 e. The topological polar surface area (TPSA) is 75.6 Å². The fourth-order valence-electron chi connectivity index (χ4n) is 2.36. The van der Waals surface area contributed by atoms with E-state index in [4.69, 9.17) is 4.74 Å². The van der Waals surface area contributed by atoms with E-state index in [1.54, 1.807) is 18.1 Å². The van der Waals surface area contributed by atoms with Crippen LogP contribution in [-0.2, 0) is 9.53 Å². The van der Waals surface area contributed by atoms with E-state index in [0.717, 1.165) is 5.69 Å². The number of likely N-dealkylation sites (N-methyl/N-ethyl adjacent to an activating group) is 1. The molecule has 0 bridgehead atoms. The van der Waals surface area contributed by atoms with Gasteiger partial charge in [-0.15, -0.1) is 11.3 Å². The Morgan fingerprint density at radius 1 is 1.29 bits per heavy atom. The van der Waals surface area contributed by atoms with Gasteiger partial charge in [0, 0.05) is 26.3 Å². The molecule has 8 heteroatoms. The van der Waals surface area contributed by atoms with Crippen LogP contribution in [0.5, 0.6) is 0 Å². The molecule has 3 heterocycles. The number of carbonyl (C=O) groups excluding carboxylic acids is 2. The molecule has 0 spiro atoms. The molecule has 1 saturated heterocycles. The Hall–Kier alpha value is -2.32. The molecule has 1 fully saturated rings. The van der Waals surface area contributed by atoms with Crippen molar-refractivity contribution in [1.82, 2.24) is 19.8 Å². The van der Waals surface area contributed by atoms with Gasteiger partial charge in [0.25, 0.3) is 5.91 Å². The molecule has 0 saturated carbocycles. The number of aromatic nitrogens is 2. The molecule has 0 atom stereocenters. The second-order valence-electron chi connectivity index (χ2n) is 5.40. The summed E-state index contributed by atoms with van der Waals surface area (Å²) in [5.41, 5.74) is 0.730. The van der Waals surface area contributed by atoms with E-state index in [9.17, 15) is 9.59 Å². The smallest absolute Gasteiger partial charge is 0.265 e. The SMILES string of the molecule is CN(CC(=O)N1CCOCC1)C(=O)c1cnc(-c2ccccn2)s1. The molecule has 2 aromatic rings. The number of amides is 2. The molecule has 126 valence electrons. The number of hydrogen-bond acceptors (Lipinski definition) is 6. The number of thiazole rings is 1. The Kier molecular flexibility index (Phi) is 5.17. The molecule has 7 nitrogen and oxygen atoms in total. The fourth-order valence-corrected chi connectivity index (χ4v) is 3.24. The van der Waals surface area contributed by atoms with Crippen molar-refractivity contribution in [2.75, 3.05) is 39.9 Å². The van der Waals surface area contributed by atoms with Gasteiger partial charge in [-0.2, -0.15) is 0 Å². The first-order valence-electron chi connectivity index (χ1n) is 7.63. The third-order valence-corrected chi connectivity index (χ3v) is 4.69. The number of nitrogens with zero attached hydrogens (tertiary/aromatic N) is 4. The van der Waals surface area contributed by atoms with Gasteiger partial charge in [0.05, 0.1) is 31.6 Å². The molecular weight excluding hydrogens is 328 g/mol. The molecule has 0 unspecified atom stereocenters. The lowest BCUT2D eigenvalue weighted by Gasteiger charge is -2.28. The van der Waals surface area contributed by atoms with Crippen molar-refractivity contribution in [3.05, 3.63) is 35.5 Å². The van der Waals surface area contributed by atoms with Crippen LogP contribution in [0, 0.1) is 0 Å². The Bertz CT molecular complexity index is 713. The molecule has 0 radical (unpaired) electrons. The van der Waals surface area contributed by atoms with Gasteiger partial charge in [-0.25, -0.2) is 4.98 Å². The summed E-state index contributed by atoms with van der Waals surface area (Å²) >= 11 is 1.28. The van der Waals surface area contributed by atoms with Gasteiger partial charge >= 0.3 is 0 Å². The van der Waals surface area contributed by atoms with Crippen molar-refractivity contribution < 1.29 is 14.3 Å². The highest BCUT2D eigenvalue weighted by Crippen LogP contribution is 2.23. The average molecular weight is 346 g/mol. The van der Waals surface area contributed by atoms with Crippen LogP contribution in [-0.4, -0.2) is 71.5 Å². The van der Waals surface area contributed by atoms with Crippen molar-refractivity contribution in [3.8, 4) is 10.7 Å². The molecular formula is C16H18N4O3S. The van der Waals surface area contributed by atoms with Crippen LogP contribution in [0.3, 0.4) is 0 Å². The highest BCUT2D eigenvalue weighted by atomic mass is 32.1. The highest BCUT2D eigenvalue weighted by Gasteiger charge is 2.22. The minimum absolute atomic E-state index is 0.0512. The third kappa shape index (κ3) is 3.77. The predicted molar refractivity (Wildman–Crippen MR) is 89.7 cm³/mol. The van der Waals surface area contributed by atoms with E-state index in [0.29, 0.717) is 36.2 Å². The van der Waals surface area contributed by atoms with Crippen molar-refractivity contribution in [2.45, 2.75) is 0 Å². The van der Waals surface area contributed by atoms with Crippen LogP contribution in [0.2, 0.25) is 0 Å². The van der Waals surface area contributed by atoms with Crippen molar-refractivity contribution in [1.29, 1.82) is 0 Å². The standard InChI is InChI=1S/C16H18N4O3S/c1-19(11-14(21)20-6-8-23-9-7-20)16(22)13-10-18-15(24-13)12-4-2-3-5-17-12/h2-5,10H,6-9,11H2,1H3. The molecule has 0 aromatic carbocycles. The maximum atomic E-state index is 12.5. The lowest BCUT2D eigenvalue weighted by molar-refractivity contribution is -0.135. The van der Waals surface area contributed by atoms with Crippen LogP contribution < -0.4 is 0 Å². The first-order valence-corrected chi connectivity index (χ1v) is 8.45. The van der Waals surface area contributed by atoms with E-state index < -0.39 is 0 Å². The summed E-state index contributed by atoms with van der Waals surface area (Å²) in [6, 6.07) is 5.55. The zero-order valence-corrected chi connectivity index (χ0v) is 14.2. The van der Waals surface area contributed by atoms with Crippen molar-refractivity contribution >= 4 is 23.2 Å². The normalized spacial score (nSPS) is 14.5. The number of morpholine rings is 1. The molecule has 2 amide bonds. The summed E-state index contributed by atoms with van der Waals surface area (Å²) in [7, 11) is 1.63. The van der Waals surface area contributed by atoms with Crippen LogP contribution in [0.25, 0.3) is 10.7 Å². The van der Waals surface area contributed by atoms with Gasteiger partial charge in [-0.05, 0) is 12.1 Å². The van der Waals surface area contributed by atoms with E-state index >= 15 is 0 Å². The lowest BCUT2D eigenvalue weighted by atomic mass is 10.3. The average Bonchev–Trinajstić information content (AvgIpc) is 3.12. The molecule has 1 aliphatic heterocycles. The zero-order chi connectivity index (χ0) is 16.9. The van der Waals surface area contributed by atoms with Gasteiger partial charge in [0.2, 0.25) is 5.91 Å². The van der Waals surface area contributed by atoms with E-state index in [1.807, 2.05) is 18.2 Å². The first kappa shape index (κ1) is 16.5.